The molecule has 4 rings (SSSR count). The number of benzene rings is 1. The van der Waals surface area contributed by atoms with Gasteiger partial charge in [0, 0.05) is 44.8 Å². The number of allylic oxidation sites excluding steroid dienone is 4. The molecule has 11 N–H and O–H groups in total. The van der Waals surface area contributed by atoms with E-state index in [2.05, 4.69) is 57.8 Å². The summed E-state index contributed by atoms with van der Waals surface area (Å²) in [5, 5.41) is 78.0. The van der Waals surface area contributed by atoms with Crippen LogP contribution in [0.4, 0.5) is 0 Å². The number of phenolic OH excluding ortho intramolecular Hbond substituents is 1. The highest BCUT2D eigenvalue weighted by molar-refractivity contribution is 5.98. The highest BCUT2D eigenvalue weighted by atomic mass is 16.3. The summed E-state index contributed by atoms with van der Waals surface area (Å²) in [5.41, 5.74) is 0.418. The average molecular weight is 1010 g/mol. The Hall–Kier alpha value is -5.41. The van der Waals surface area contributed by atoms with Crippen LogP contribution in [0.25, 0.3) is 0 Å². The van der Waals surface area contributed by atoms with Crippen molar-refractivity contribution in [2.75, 3.05) is 19.6 Å². The van der Waals surface area contributed by atoms with E-state index in [0.29, 0.717) is 12.0 Å². The number of nitrogens with one attached hydrogen (secondary N) is 5. The second-order valence-corrected chi connectivity index (χ2v) is 19.7. The van der Waals surface area contributed by atoms with E-state index in [1.807, 2.05) is 0 Å². The van der Waals surface area contributed by atoms with Crippen molar-refractivity contribution in [3.8, 4) is 5.75 Å². The van der Waals surface area contributed by atoms with E-state index in [-0.39, 0.29) is 50.9 Å². The molecule has 3 saturated heterocycles. The van der Waals surface area contributed by atoms with Gasteiger partial charge in [0.25, 0.3) is 0 Å². The molecule has 0 radical (unpaired) electrons. The zero-order valence-electron chi connectivity index (χ0n) is 42.4. The number of rotatable bonds is 20. The van der Waals surface area contributed by atoms with Crippen molar-refractivity contribution in [3.63, 3.8) is 0 Å². The maximum atomic E-state index is 14.3. The van der Waals surface area contributed by atoms with Crippen LogP contribution in [0.3, 0.4) is 0 Å². The predicted octanol–water partition coefficient (Wildman–Crippen LogP) is 0.890. The van der Waals surface area contributed by atoms with Crippen molar-refractivity contribution in [2.45, 2.75) is 197 Å². The first-order chi connectivity index (χ1) is 34.3. The predicted molar refractivity (Wildman–Crippen MR) is 267 cm³/mol. The summed E-state index contributed by atoms with van der Waals surface area (Å²) >= 11 is 0. The Morgan fingerprint density at radius 3 is 1.96 bits per heavy atom. The number of aromatic hydroxyl groups is 1. The molecule has 7 amide bonds. The van der Waals surface area contributed by atoms with Crippen LogP contribution in [0.1, 0.15) is 130 Å². The summed E-state index contributed by atoms with van der Waals surface area (Å²) < 4.78 is 0. The SMILES string of the molecule is CCCCC/C=C\C/C=C\CCCCCCCC(=O)NC1CCCNC(=O)[C@@H]2[C@@H](O)[C@@H](C)CN2C(=O)[C@H]([C@@H](C)O)NC(=O)[C@H]([C@H](O)Cc2ccc(O)cc2)NC(=O)[C@@H]2C[C@@H](O)CN2C(=O)[C@H]([C@@H](C)O)NC1=O. The normalized spacial score (nSPS) is 27.6. The Morgan fingerprint density at radius 1 is 0.736 bits per heavy atom. The molecule has 3 fully saturated rings. The molecule has 0 aromatic heterocycles. The number of hydrogen-bond acceptors (Lipinski definition) is 13. The van der Waals surface area contributed by atoms with Gasteiger partial charge in [0.1, 0.15) is 42.0 Å². The maximum Gasteiger partial charge on any atom is 0.248 e. The number of carbonyl (C=O) groups is 7. The van der Waals surface area contributed by atoms with Gasteiger partial charge in [0.15, 0.2) is 0 Å². The Morgan fingerprint density at radius 2 is 1.32 bits per heavy atom. The lowest BCUT2D eigenvalue weighted by Gasteiger charge is -2.33. The van der Waals surface area contributed by atoms with Crippen LogP contribution in [0, 0.1) is 5.92 Å². The van der Waals surface area contributed by atoms with Crippen molar-refractivity contribution in [3.05, 3.63) is 54.1 Å². The van der Waals surface area contributed by atoms with Gasteiger partial charge >= 0.3 is 0 Å². The number of carbonyl (C=O) groups excluding carboxylic acids is 7. The first-order valence-corrected chi connectivity index (χ1v) is 25.9. The minimum atomic E-state index is -1.88. The van der Waals surface area contributed by atoms with E-state index in [4.69, 9.17) is 0 Å². The van der Waals surface area contributed by atoms with Crippen LogP contribution in [0.15, 0.2) is 48.6 Å². The summed E-state index contributed by atoms with van der Waals surface area (Å²) in [5.74, 6) is -6.87. The molecule has 1 unspecified atom stereocenters. The molecule has 1 aromatic rings. The second kappa shape index (κ2) is 29.9. The number of aliphatic hydroxyl groups excluding tert-OH is 5. The van der Waals surface area contributed by atoms with Crippen LogP contribution in [0.2, 0.25) is 0 Å². The second-order valence-electron chi connectivity index (χ2n) is 19.7. The third kappa shape index (κ3) is 18.0. The van der Waals surface area contributed by atoms with Gasteiger partial charge < -0.3 is 67.0 Å². The largest absolute Gasteiger partial charge is 0.508 e. The van der Waals surface area contributed by atoms with Crippen molar-refractivity contribution in [1.82, 2.24) is 36.4 Å². The van der Waals surface area contributed by atoms with Crippen molar-refractivity contribution < 1.29 is 64.2 Å². The van der Waals surface area contributed by atoms with Gasteiger partial charge in [-0.15, -0.1) is 0 Å². The van der Waals surface area contributed by atoms with Crippen molar-refractivity contribution in [2.24, 2.45) is 5.92 Å². The Kier molecular flexibility index (Phi) is 24.6. The molecule has 0 aliphatic carbocycles. The van der Waals surface area contributed by atoms with E-state index >= 15 is 0 Å². The van der Waals surface area contributed by atoms with Gasteiger partial charge in [0.05, 0.1) is 30.5 Å². The van der Waals surface area contributed by atoms with Crippen molar-refractivity contribution in [1.29, 1.82) is 0 Å². The fraction of sp³-hybridized carbons (Fsp3) is 0.673. The quantitative estimate of drug-likeness (QED) is 0.0640. The number of aliphatic hydroxyl groups is 5. The fourth-order valence-electron chi connectivity index (χ4n) is 9.32. The molecule has 20 heteroatoms. The first kappa shape index (κ1) is 59.2. The molecule has 72 heavy (non-hydrogen) atoms. The Balaban J connectivity index is 1.55. The topological polar surface area (TPSA) is 307 Å². The molecule has 3 aliphatic rings. The van der Waals surface area contributed by atoms with Crippen LogP contribution in [0.5, 0.6) is 5.75 Å². The number of hydrogen-bond donors (Lipinski definition) is 11. The number of amides is 7. The van der Waals surface area contributed by atoms with Crippen LogP contribution in [-0.2, 0) is 40.0 Å². The van der Waals surface area contributed by atoms with Gasteiger partial charge in [-0.1, -0.05) is 82.4 Å². The molecule has 0 spiro atoms. The Labute approximate surface area is 423 Å². The Bertz CT molecular complexity index is 2000. The molecule has 12 atom stereocenters. The zero-order valence-corrected chi connectivity index (χ0v) is 42.4. The van der Waals surface area contributed by atoms with E-state index in [1.54, 1.807) is 6.92 Å². The number of fused-ring (bicyclic) bond motifs is 2. The minimum absolute atomic E-state index is 0.0650. The van der Waals surface area contributed by atoms with Gasteiger partial charge in [-0.25, -0.2) is 0 Å². The monoisotopic (exact) mass is 1010 g/mol. The fourth-order valence-corrected chi connectivity index (χ4v) is 9.32. The highest BCUT2D eigenvalue weighted by Crippen LogP contribution is 2.26. The first-order valence-electron chi connectivity index (χ1n) is 25.9. The van der Waals surface area contributed by atoms with Crippen molar-refractivity contribution >= 4 is 41.4 Å². The number of nitrogens with zero attached hydrogens (tertiary/aromatic N) is 2. The van der Waals surface area contributed by atoms with E-state index in [9.17, 15) is 64.2 Å². The van der Waals surface area contributed by atoms with Gasteiger partial charge in [-0.3, -0.25) is 33.6 Å². The zero-order chi connectivity index (χ0) is 52.9. The van der Waals surface area contributed by atoms with Crippen LogP contribution in [-0.4, -0.2) is 168 Å². The minimum Gasteiger partial charge on any atom is -0.508 e. The van der Waals surface area contributed by atoms with E-state index < -0.39 is 121 Å². The van der Waals surface area contributed by atoms with Gasteiger partial charge in [-0.05, 0) is 82.9 Å². The molecular weight excluding hydrogens is 931 g/mol. The summed E-state index contributed by atoms with van der Waals surface area (Å²) in [7, 11) is 0. The highest BCUT2D eigenvalue weighted by Gasteiger charge is 2.49. The van der Waals surface area contributed by atoms with Crippen LogP contribution < -0.4 is 26.6 Å². The summed E-state index contributed by atoms with van der Waals surface area (Å²) in [4.78, 5) is 100. The summed E-state index contributed by atoms with van der Waals surface area (Å²) in [6.45, 7) is 5.58. The molecule has 0 bridgehead atoms. The summed E-state index contributed by atoms with van der Waals surface area (Å²) in [6, 6.07) is -3.98. The molecule has 402 valence electrons. The third-order valence-electron chi connectivity index (χ3n) is 13.6. The van der Waals surface area contributed by atoms with E-state index in [0.717, 1.165) is 54.7 Å². The number of phenols is 1. The third-order valence-corrected chi connectivity index (χ3v) is 13.6. The molecule has 1 aromatic carbocycles. The maximum absolute atomic E-state index is 14.3. The van der Waals surface area contributed by atoms with E-state index in [1.165, 1.54) is 57.4 Å². The lowest BCUT2D eigenvalue weighted by Crippen LogP contribution is -2.64. The van der Waals surface area contributed by atoms with Gasteiger partial charge in [-0.2, -0.15) is 0 Å². The molecule has 3 heterocycles. The standard InChI is InChI=1S/C52H81N7O13/c1-5-6-7-8-9-10-11-12-13-14-15-16-17-18-19-22-41(65)54-38-21-20-27-53-50(70)45-46(66)32(2)30-59(45)52(72)43(34(4)61)56-49(69)44(40(64)28-35-23-25-36(62)26-24-35)57-48(68)39-29-37(63)31-58(39)51(71)42(33(3)60)55-47(38)67/h9-10,12-13,23-26,32-34,37-40,42-46,60-64,66H,5-8,11,14-22,27-31H2,1-4H3,(H,53,70)(H,54,65)(H,55,67)(H,56,69)(H,57,68)/b10-9-,13-12-/t32-,33+,34+,37+,38?,39-,40+,42-,43-,44-,45-,46-/m0/s1. The average Bonchev–Trinajstić information content (AvgIpc) is 3.88. The summed E-state index contributed by atoms with van der Waals surface area (Å²) in [6.07, 6.45) is 11.7. The molecule has 20 nitrogen and oxygen atoms in total. The lowest BCUT2D eigenvalue weighted by atomic mass is 9.99. The lowest BCUT2D eigenvalue weighted by molar-refractivity contribution is -0.147. The molecule has 3 aliphatic heterocycles. The molecular formula is C52H81N7O13. The van der Waals surface area contributed by atoms with Gasteiger partial charge in [0.2, 0.25) is 41.4 Å². The van der Waals surface area contributed by atoms with Crippen LogP contribution >= 0.6 is 0 Å². The number of unbranched alkanes of at least 4 members (excludes halogenated alkanes) is 8. The smallest absolute Gasteiger partial charge is 0.248 e. The molecule has 0 saturated carbocycles.